The van der Waals surface area contributed by atoms with Gasteiger partial charge >= 0.3 is 0 Å². The zero-order valence-corrected chi connectivity index (χ0v) is 17.3. The summed E-state index contributed by atoms with van der Waals surface area (Å²) in [7, 11) is 0. The molecule has 1 atom stereocenters. The van der Waals surface area contributed by atoms with E-state index in [0.717, 1.165) is 50.8 Å². The van der Waals surface area contributed by atoms with Crippen molar-refractivity contribution in [2.75, 3.05) is 39.3 Å². The third-order valence-corrected chi connectivity index (χ3v) is 5.48. The van der Waals surface area contributed by atoms with Gasteiger partial charge < -0.3 is 14.4 Å². The fourth-order valence-electron chi connectivity index (χ4n) is 3.81. The summed E-state index contributed by atoms with van der Waals surface area (Å²) in [5.41, 5.74) is 1.29. The van der Waals surface area contributed by atoms with Crippen LogP contribution in [0.5, 0.6) is 5.75 Å². The van der Waals surface area contributed by atoms with E-state index in [2.05, 4.69) is 49.8 Å². The van der Waals surface area contributed by atoms with Crippen LogP contribution in [0.2, 0.25) is 0 Å². The molecule has 1 aromatic heterocycles. The number of aromatic nitrogens is 2. The lowest BCUT2D eigenvalue weighted by molar-refractivity contribution is 0.0440. The van der Waals surface area contributed by atoms with E-state index in [1.165, 1.54) is 5.56 Å². The van der Waals surface area contributed by atoms with E-state index < -0.39 is 6.10 Å². The van der Waals surface area contributed by atoms with Crippen molar-refractivity contribution in [1.29, 1.82) is 0 Å². The number of piperazine rings is 1. The first kappa shape index (κ1) is 20.6. The summed E-state index contributed by atoms with van der Waals surface area (Å²) in [5, 5.41) is 10.3. The van der Waals surface area contributed by atoms with Gasteiger partial charge in [0, 0.05) is 51.7 Å². The van der Waals surface area contributed by atoms with Gasteiger partial charge in [-0.2, -0.15) is 0 Å². The Bertz CT molecular complexity index is 876. The lowest BCUT2D eigenvalue weighted by Crippen LogP contribution is -2.49. The molecule has 1 aliphatic heterocycles. The molecule has 2 heterocycles. The first-order valence-corrected chi connectivity index (χ1v) is 10.6. The van der Waals surface area contributed by atoms with Crippen LogP contribution in [0.1, 0.15) is 11.4 Å². The minimum Gasteiger partial charge on any atom is -0.491 e. The van der Waals surface area contributed by atoms with Crippen LogP contribution in [0.25, 0.3) is 0 Å². The number of imidazole rings is 1. The molecule has 4 rings (SSSR count). The van der Waals surface area contributed by atoms with Crippen LogP contribution in [-0.4, -0.2) is 69.9 Å². The number of β-amino-alcohol motifs (C(OH)–C–C–N with tert-alkyl or cyclic N) is 1. The minimum atomic E-state index is -0.485. The zero-order valence-electron chi connectivity index (χ0n) is 17.3. The second-order valence-corrected chi connectivity index (χ2v) is 7.81. The molecular weight excluding hydrogens is 376 g/mol. The molecule has 30 heavy (non-hydrogen) atoms. The van der Waals surface area contributed by atoms with Crippen molar-refractivity contribution in [2.45, 2.75) is 19.2 Å². The molecule has 158 valence electrons. The third-order valence-electron chi connectivity index (χ3n) is 5.48. The molecule has 0 aliphatic carbocycles. The number of benzene rings is 2. The van der Waals surface area contributed by atoms with Crippen molar-refractivity contribution in [1.82, 2.24) is 19.4 Å². The van der Waals surface area contributed by atoms with Gasteiger partial charge in [0.05, 0.1) is 6.54 Å². The van der Waals surface area contributed by atoms with Gasteiger partial charge in [0.2, 0.25) is 0 Å². The highest BCUT2D eigenvalue weighted by Crippen LogP contribution is 2.12. The SMILES string of the molecule is OC(COc1ccccc1)CN1CCN(Cc2nccn2Cc2ccccc2)CC1. The highest BCUT2D eigenvalue weighted by Gasteiger charge is 2.20. The molecule has 1 fully saturated rings. The van der Waals surface area contributed by atoms with E-state index in [9.17, 15) is 5.11 Å². The molecule has 0 amide bonds. The summed E-state index contributed by atoms with van der Waals surface area (Å²) in [4.78, 5) is 9.33. The second-order valence-electron chi connectivity index (χ2n) is 7.81. The Kier molecular flexibility index (Phi) is 7.13. The lowest BCUT2D eigenvalue weighted by atomic mass is 10.2. The molecule has 6 nitrogen and oxygen atoms in total. The van der Waals surface area contributed by atoms with Crippen molar-refractivity contribution in [3.63, 3.8) is 0 Å². The standard InChI is InChI=1S/C24H30N4O2/c29-22(20-30-23-9-5-2-6-10-23)18-26-13-15-27(16-14-26)19-24-25-11-12-28(24)17-21-7-3-1-4-8-21/h1-12,22,29H,13-20H2. The molecule has 0 saturated carbocycles. The number of aliphatic hydroxyl groups excluding tert-OH is 1. The Morgan fingerprint density at radius 1 is 0.867 bits per heavy atom. The van der Waals surface area contributed by atoms with Crippen molar-refractivity contribution in [2.24, 2.45) is 0 Å². The average Bonchev–Trinajstić information content (AvgIpc) is 3.21. The van der Waals surface area contributed by atoms with Gasteiger partial charge in [-0.25, -0.2) is 4.98 Å². The summed E-state index contributed by atoms with van der Waals surface area (Å²) in [6.45, 7) is 6.51. The summed E-state index contributed by atoms with van der Waals surface area (Å²) in [6, 6.07) is 20.1. The van der Waals surface area contributed by atoms with Gasteiger partial charge in [0.25, 0.3) is 0 Å². The maximum absolute atomic E-state index is 10.3. The van der Waals surface area contributed by atoms with Gasteiger partial charge in [-0.15, -0.1) is 0 Å². The minimum absolute atomic E-state index is 0.321. The van der Waals surface area contributed by atoms with Crippen LogP contribution >= 0.6 is 0 Å². The zero-order chi connectivity index (χ0) is 20.6. The van der Waals surface area contributed by atoms with Crippen molar-refractivity contribution in [3.05, 3.63) is 84.4 Å². The maximum atomic E-state index is 10.3. The normalized spacial score (nSPS) is 16.4. The van der Waals surface area contributed by atoms with Crippen LogP contribution in [0.15, 0.2) is 73.1 Å². The summed E-state index contributed by atoms with van der Waals surface area (Å²) in [5.74, 6) is 1.90. The topological polar surface area (TPSA) is 53.8 Å². The first-order valence-electron chi connectivity index (χ1n) is 10.6. The number of rotatable bonds is 9. The molecule has 0 radical (unpaired) electrons. The third kappa shape index (κ3) is 5.92. The fraction of sp³-hybridized carbons (Fsp3) is 0.375. The molecule has 3 aromatic rings. The number of ether oxygens (including phenoxy) is 1. The highest BCUT2D eigenvalue weighted by atomic mass is 16.5. The van der Waals surface area contributed by atoms with Crippen LogP contribution < -0.4 is 4.74 Å². The average molecular weight is 407 g/mol. The Labute approximate surface area is 178 Å². The molecule has 0 bridgehead atoms. The van der Waals surface area contributed by atoms with Gasteiger partial charge in [-0.3, -0.25) is 9.80 Å². The monoisotopic (exact) mass is 406 g/mol. The van der Waals surface area contributed by atoms with E-state index in [-0.39, 0.29) is 0 Å². The van der Waals surface area contributed by atoms with Gasteiger partial charge in [-0.05, 0) is 17.7 Å². The van der Waals surface area contributed by atoms with Crippen molar-refractivity contribution in [3.8, 4) is 5.75 Å². The van der Waals surface area contributed by atoms with Crippen LogP contribution in [0, 0.1) is 0 Å². The first-order chi connectivity index (χ1) is 14.8. The van der Waals surface area contributed by atoms with Crippen molar-refractivity contribution >= 4 is 0 Å². The van der Waals surface area contributed by atoms with Gasteiger partial charge in [0.1, 0.15) is 24.3 Å². The van der Waals surface area contributed by atoms with Crippen LogP contribution in [-0.2, 0) is 13.1 Å². The molecule has 1 aliphatic rings. The van der Waals surface area contributed by atoms with E-state index in [1.807, 2.05) is 42.6 Å². The lowest BCUT2D eigenvalue weighted by Gasteiger charge is -2.35. The number of hydrogen-bond acceptors (Lipinski definition) is 5. The van der Waals surface area contributed by atoms with Crippen molar-refractivity contribution < 1.29 is 9.84 Å². The maximum Gasteiger partial charge on any atom is 0.123 e. The van der Waals surface area contributed by atoms with Gasteiger partial charge in [-0.1, -0.05) is 48.5 Å². The smallest absolute Gasteiger partial charge is 0.123 e. The Morgan fingerprint density at radius 2 is 1.53 bits per heavy atom. The molecule has 2 aromatic carbocycles. The quantitative estimate of drug-likeness (QED) is 0.592. The molecule has 0 spiro atoms. The number of para-hydroxylation sites is 1. The largest absolute Gasteiger partial charge is 0.491 e. The Morgan fingerprint density at radius 3 is 2.27 bits per heavy atom. The van der Waals surface area contributed by atoms with Gasteiger partial charge in [0.15, 0.2) is 0 Å². The molecular formula is C24H30N4O2. The summed E-state index contributed by atoms with van der Waals surface area (Å²) in [6.07, 6.45) is 3.46. The summed E-state index contributed by atoms with van der Waals surface area (Å²) >= 11 is 0. The van der Waals surface area contributed by atoms with E-state index in [4.69, 9.17) is 4.74 Å². The number of aliphatic hydroxyl groups is 1. The van der Waals surface area contributed by atoms with Crippen LogP contribution in [0.3, 0.4) is 0 Å². The Hall–Kier alpha value is -2.67. The predicted octanol–water partition coefficient (Wildman–Crippen LogP) is 2.49. The van der Waals surface area contributed by atoms with E-state index in [0.29, 0.717) is 13.2 Å². The predicted molar refractivity (Wildman–Crippen MR) is 117 cm³/mol. The molecule has 1 saturated heterocycles. The van der Waals surface area contributed by atoms with Crippen LogP contribution in [0.4, 0.5) is 0 Å². The Balaban J connectivity index is 1.20. The highest BCUT2D eigenvalue weighted by molar-refractivity contribution is 5.21. The molecule has 1 unspecified atom stereocenters. The van der Waals surface area contributed by atoms with E-state index >= 15 is 0 Å². The fourth-order valence-corrected chi connectivity index (χ4v) is 3.81. The van der Waals surface area contributed by atoms with E-state index in [1.54, 1.807) is 0 Å². The number of hydrogen-bond donors (Lipinski definition) is 1. The summed E-state index contributed by atoms with van der Waals surface area (Å²) < 4.78 is 7.89. The second kappa shape index (κ2) is 10.4. The number of nitrogens with zero attached hydrogens (tertiary/aromatic N) is 4. The molecule has 6 heteroatoms. The molecule has 1 N–H and O–H groups in total.